The Labute approximate surface area is 232 Å². The summed E-state index contributed by atoms with van der Waals surface area (Å²) >= 11 is 0. The van der Waals surface area contributed by atoms with Crippen molar-refractivity contribution >= 4 is 29.5 Å². The number of carbonyl (C=O) groups is 4. The molecule has 3 aromatic rings. The first-order valence-corrected chi connectivity index (χ1v) is 12.8. The maximum absolute atomic E-state index is 12.5. The normalized spacial score (nSPS) is 10.2. The van der Waals surface area contributed by atoms with Gasteiger partial charge in [0.25, 0.3) is 0 Å². The first-order chi connectivity index (χ1) is 19.4. The van der Waals surface area contributed by atoms with E-state index in [9.17, 15) is 19.2 Å². The summed E-state index contributed by atoms with van der Waals surface area (Å²) in [5, 5.41) is 2.76. The highest BCUT2D eigenvalue weighted by Gasteiger charge is 2.12. The number of anilines is 1. The van der Waals surface area contributed by atoms with E-state index < -0.39 is 17.9 Å². The van der Waals surface area contributed by atoms with Gasteiger partial charge in [-0.15, -0.1) is 0 Å². The van der Waals surface area contributed by atoms with Crippen molar-refractivity contribution < 1.29 is 38.1 Å². The Bertz CT molecular complexity index is 1300. The van der Waals surface area contributed by atoms with Gasteiger partial charge in [-0.25, -0.2) is 14.4 Å². The van der Waals surface area contributed by atoms with Gasteiger partial charge in [-0.1, -0.05) is 13.5 Å². The first-order valence-electron chi connectivity index (χ1n) is 12.8. The van der Waals surface area contributed by atoms with Crippen molar-refractivity contribution in [1.29, 1.82) is 0 Å². The van der Waals surface area contributed by atoms with Crippen LogP contribution in [0.3, 0.4) is 0 Å². The van der Waals surface area contributed by atoms with Gasteiger partial charge >= 0.3 is 17.9 Å². The van der Waals surface area contributed by atoms with E-state index in [0.29, 0.717) is 55.0 Å². The average molecular weight is 546 g/mol. The van der Waals surface area contributed by atoms with E-state index >= 15 is 0 Å². The van der Waals surface area contributed by atoms with E-state index in [1.54, 1.807) is 48.5 Å². The largest absolute Gasteiger partial charge is 0.494 e. The molecule has 0 radical (unpaired) electrons. The number of hydrogen-bond donors (Lipinski definition) is 1. The summed E-state index contributed by atoms with van der Waals surface area (Å²) < 4.78 is 21.3. The third kappa shape index (κ3) is 9.75. The fraction of sp³-hybridized carbons (Fsp3) is 0.226. The lowest BCUT2D eigenvalue weighted by atomic mass is 10.2. The maximum atomic E-state index is 12.5. The van der Waals surface area contributed by atoms with Crippen LogP contribution in [-0.4, -0.2) is 37.0 Å². The van der Waals surface area contributed by atoms with Gasteiger partial charge in [-0.05, 0) is 92.1 Å². The first kappa shape index (κ1) is 29.6. The number of benzene rings is 3. The van der Waals surface area contributed by atoms with Crippen LogP contribution in [0, 0.1) is 0 Å². The second-order valence-electron chi connectivity index (χ2n) is 8.58. The SMILES string of the molecule is C=CC(=O)OCCCCOc1ccc(C(=O)Oc2ccc(OC(=O)c3ccc(NC(=O)CCC)cc3)cc2)cc1. The molecule has 9 nitrogen and oxygen atoms in total. The van der Waals surface area contributed by atoms with Crippen LogP contribution in [0.1, 0.15) is 53.3 Å². The van der Waals surface area contributed by atoms with Crippen LogP contribution in [-0.2, 0) is 14.3 Å². The average Bonchev–Trinajstić information content (AvgIpc) is 2.96. The number of esters is 3. The fourth-order valence-corrected chi connectivity index (χ4v) is 3.36. The summed E-state index contributed by atoms with van der Waals surface area (Å²) in [6.45, 7) is 6.00. The molecule has 0 atom stereocenters. The summed E-state index contributed by atoms with van der Waals surface area (Å²) in [5.74, 6) is -0.474. The Kier molecular flexibility index (Phi) is 11.5. The number of rotatable bonds is 14. The standard InChI is InChI=1S/C31H31NO8/c1-3-7-28(33)32-24-12-8-22(9-13-24)30(35)39-26-16-18-27(19-17-26)40-31(36)23-10-14-25(15-11-23)37-20-5-6-21-38-29(34)4-2/h4,8-19H,2-3,5-7,20-21H2,1H3,(H,32,33). The third-order valence-electron chi connectivity index (χ3n) is 5.43. The lowest BCUT2D eigenvalue weighted by Crippen LogP contribution is -2.12. The smallest absolute Gasteiger partial charge is 0.343 e. The zero-order valence-corrected chi connectivity index (χ0v) is 22.2. The zero-order chi connectivity index (χ0) is 28.7. The highest BCUT2D eigenvalue weighted by atomic mass is 16.5. The Morgan fingerprint density at radius 2 is 1.23 bits per heavy atom. The van der Waals surface area contributed by atoms with Gasteiger partial charge in [0.15, 0.2) is 0 Å². The Morgan fingerprint density at radius 1 is 0.725 bits per heavy atom. The Balaban J connectivity index is 1.43. The van der Waals surface area contributed by atoms with Gasteiger partial charge in [0.05, 0.1) is 24.3 Å². The quantitative estimate of drug-likeness (QED) is 0.118. The summed E-state index contributed by atoms with van der Waals surface area (Å²) in [4.78, 5) is 47.6. The molecule has 1 N–H and O–H groups in total. The minimum atomic E-state index is -0.561. The van der Waals surface area contributed by atoms with Gasteiger partial charge in [-0.2, -0.15) is 0 Å². The zero-order valence-electron chi connectivity index (χ0n) is 22.2. The van der Waals surface area contributed by atoms with Crippen molar-refractivity contribution in [2.45, 2.75) is 32.6 Å². The van der Waals surface area contributed by atoms with Crippen LogP contribution in [0.4, 0.5) is 5.69 Å². The Hall–Kier alpha value is -4.92. The number of nitrogens with one attached hydrogen (secondary N) is 1. The van der Waals surface area contributed by atoms with Gasteiger partial charge in [0, 0.05) is 18.2 Å². The minimum Gasteiger partial charge on any atom is -0.494 e. The highest BCUT2D eigenvalue weighted by Crippen LogP contribution is 2.21. The molecule has 208 valence electrons. The molecule has 0 spiro atoms. The van der Waals surface area contributed by atoms with Gasteiger partial charge in [0.2, 0.25) is 5.91 Å². The molecule has 3 rings (SSSR count). The number of amides is 1. The molecule has 0 saturated heterocycles. The molecule has 1 amide bonds. The molecule has 0 heterocycles. The lowest BCUT2D eigenvalue weighted by molar-refractivity contribution is -0.137. The molecule has 3 aromatic carbocycles. The molecule has 0 fully saturated rings. The van der Waals surface area contributed by atoms with E-state index in [4.69, 9.17) is 18.9 Å². The molecule has 0 aliphatic carbocycles. The third-order valence-corrected chi connectivity index (χ3v) is 5.43. The van der Waals surface area contributed by atoms with Crippen LogP contribution in [0.15, 0.2) is 85.5 Å². The van der Waals surface area contributed by atoms with Crippen LogP contribution in [0.5, 0.6) is 17.2 Å². The van der Waals surface area contributed by atoms with E-state index in [1.807, 2.05) is 6.92 Å². The second kappa shape index (κ2) is 15.5. The maximum Gasteiger partial charge on any atom is 0.343 e. The second-order valence-corrected chi connectivity index (χ2v) is 8.58. The molecule has 0 unspecified atom stereocenters. The molecule has 0 aliphatic rings. The van der Waals surface area contributed by atoms with Crippen LogP contribution in [0.2, 0.25) is 0 Å². The Morgan fingerprint density at radius 3 is 1.75 bits per heavy atom. The summed E-state index contributed by atoms with van der Waals surface area (Å²) in [7, 11) is 0. The predicted octanol–water partition coefficient (Wildman–Crippen LogP) is 5.75. The van der Waals surface area contributed by atoms with Gasteiger partial charge in [-0.3, -0.25) is 4.79 Å². The molecule has 0 aromatic heterocycles. The molecule has 40 heavy (non-hydrogen) atoms. The molecule has 0 saturated carbocycles. The molecule has 0 aliphatic heterocycles. The van der Waals surface area contributed by atoms with Gasteiger partial charge < -0.3 is 24.3 Å². The van der Waals surface area contributed by atoms with Crippen molar-refractivity contribution in [3.05, 3.63) is 96.6 Å². The van der Waals surface area contributed by atoms with Crippen molar-refractivity contribution in [3.8, 4) is 17.2 Å². The topological polar surface area (TPSA) is 117 Å². The number of unbranched alkanes of at least 4 members (excludes halogenated alkanes) is 1. The van der Waals surface area contributed by atoms with Crippen LogP contribution in [0.25, 0.3) is 0 Å². The van der Waals surface area contributed by atoms with Crippen LogP contribution < -0.4 is 19.5 Å². The monoisotopic (exact) mass is 545 g/mol. The minimum absolute atomic E-state index is 0.0846. The molecular formula is C31H31NO8. The van der Waals surface area contributed by atoms with E-state index in [0.717, 1.165) is 12.5 Å². The van der Waals surface area contributed by atoms with E-state index in [2.05, 4.69) is 11.9 Å². The fourth-order valence-electron chi connectivity index (χ4n) is 3.36. The lowest BCUT2D eigenvalue weighted by Gasteiger charge is -2.09. The molecular weight excluding hydrogens is 514 g/mol. The van der Waals surface area contributed by atoms with Crippen molar-refractivity contribution in [1.82, 2.24) is 0 Å². The predicted molar refractivity (Wildman–Crippen MR) is 149 cm³/mol. The summed E-state index contributed by atoms with van der Waals surface area (Å²) in [6.07, 6.45) is 3.66. The van der Waals surface area contributed by atoms with Gasteiger partial charge in [0.1, 0.15) is 17.2 Å². The van der Waals surface area contributed by atoms with Crippen molar-refractivity contribution in [2.75, 3.05) is 18.5 Å². The molecule has 9 heteroatoms. The highest BCUT2D eigenvalue weighted by molar-refractivity contribution is 5.94. The molecule has 0 bridgehead atoms. The van der Waals surface area contributed by atoms with E-state index in [1.165, 1.54) is 24.3 Å². The number of ether oxygens (including phenoxy) is 4. The van der Waals surface area contributed by atoms with Crippen LogP contribution >= 0.6 is 0 Å². The summed E-state index contributed by atoms with van der Waals surface area (Å²) in [5.41, 5.74) is 1.27. The number of carbonyl (C=O) groups excluding carboxylic acids is 4. The van der Waals surface area contributed by atoms with Crippen molar-refractivity contribution in [2.24, 2.45) is 0 Å². The van der Waals surface area contributed by atoms with E-state index in [-0.39, 0.29) is 17.4 Å². The number of hydrogen-bond acceptors (Lipinski definition) is 8. The van der Waals surface area contributed by atoms with Crippen molar-refractivity contribution in [3.63, 3.8) is 0 Å². The summed E-state index contributed by atoms with van der Waals surface area (Å²) in [6, 6.07) is 19.0.